The Hall–Kier alpha value is -1.89. The molecule has 3 nitrogen and oxygen atoms in total. The number of benzene rings is 1. The van der Waals surface area contributed by atoms with Crippen LogP contribution in [0.2, 0.25) is 0 Å². The van der Waals surface area contributed by atoms with Crippen LogP contribution in [-0.2, 0) is 10.8 Å². The van der Waals surface area contributed by atoms with Crippen molar-refractivity contribution in [1.29, 1.82) is 0 Å². The summed E-state index contributed by atoms with van der Waals surface area (Å²) in [4.78, 5) is 27.0. The van der Waals surface area contributed by atoms with Gasteiger partial charge in [-0.25, -0.2) is 0 Å². The summed E-state index contributed by atoms with van der Waals surface area (Å²) < 4.78 is 13.0. The lowest BCUT2D eigenvalue weighted by Crippen LogP contribution is -2.26. The summed E-state index contributed by atoms with van der Waals surface area (Å²) in [7, 11) is -1.49. The minimum Gasteiger partial charge on any atom is -0.293 e. The molecule has 3 rings (SSSR count). The second-order valence-electron chi connectivity index (χ2n) is 5.38. The van der Waals surface area contributed by atoms with Crippen molar-refractivity contribution >= 4 is 45.0 Å². The summed E-state index contributed by atoms with van der Waals surface area (Å²) in [5.41, 5.74) is 0. The standard InChI is InChI=1S/C19H16O3S3/c20-15(16-8-4-12-23-16)10-11-18(19(21)17-9-5-13-24-17)25(22)14-6-2-1-3-7-14/h1-9,12-13,18H,10-11H2. The van der Waals surface area contributed by atoms with E-state index in [9.17, 15) is 13.8 Å². The van der Waals surface area contributed by atoms with Crippen LogP contribution in [0.15, 0.2) is 70.3 Å². The first kappa shape index (κ1) is 17.9. The van der Waals surface area contributed by atoms with Crippen molar-refractivity contribution in [2.45, 2.75) is 23.0 Å². The molecular weight excluding hydrogens is 372 g/mol. The number of hydrogen-bond donors (Lipinski definition) is 0. The first-order valence-corrected chi connectivity index (χ1v) is 10.7. The third-order valence-corrected chi connectivity index (χ3v) is 7.22. The van der Waals surface area contributed by atoms with E-state index in [1.54, 1.807) is 42.5 Å². The molecule has 0 aliphatic rings. The fourth-order valence-electron chi connectivity index (χ4n) is 2.45. The van der Waals surface area contributed by atoms with E-state index in [2.05, 4.69) is 0 Å². The number of thiophene rings is 2. The smallest absolute Gasteiger partial charge is 0.188 e. The molecule has 0 fully saturated rings. The van der Waals surface area contributed by atoms with Crippen molar-refractivity contribution in [2.24, 2.45) is 0 Å². The molecule has 25 heavy (non-hydrogen) atoms. The second-order valence-corrected chi connectivity index (χ2v) is 8.91. The van der Waals surface area contributed by atoms with Gasteiger partial charge in [0.25, 0.3) is 0 Å². The lowest BCUT2D eigenvalue weighted by Gasteiger charge is -2.14. The Morgan fingerprint density at radius 1 is 0.880 bits per heavy atom. The van der Waals surface area contributed by atoms with Gasteiger partial charge in [0, 0.05) is 11.3 Å². The fraction of sp³-hybridized carbons (Fsp3) is 0.158. The summed E-state index contributed by atoms with van der Waals surface area (Å²) >= 11 is 2.72. The topological polar surface area (TPSA) is 51.2 Å². The van der Waals surface area contributed by atoms with E-state index in [1.165, 1.54) is 22.7 Å². The van der Waals surface area contributed by atoms with E-state index in [0.717, 1.165) is 0 Å². The van der Waals surface area contributed by atoms with Gasteiger partial charge in [0.15, 0.2) is 11.6 Å². The highest BCUT2D eigenvalue weighted by atomic mass is 32.2. The molecule has 3 aromatic rings. The van der Waals surface area contributed by atoms with E-state index in [0.29, 0.717) is 14.6 Å². The van der Waals surface area contributed by atoms with Gasteiger partial charge in [-0.3, -0.25) is 13.8 Å². The van der Waals surface area contributed by atoms with Crippen molar-refractivity contribution in [3.05, 3.63) is 75.1 Å². The van der Waals surface area contributed by atoms with Crippen LogP contribution in [0.3, 0.4) is 0 Å². The predicted molar refractivity (Wildman–Crippen MR) is 103 cm³/mol. The molecule has 0 saturated heterocycles. The molecule has 128 valence electrons. The number of rotatable bonds is 8. The molecule has 0 N–H and O–H groups in total. The van der Waals surface area contributed by atoms with E-state index >= 15 is 0 Å². The average Bonchev–Trinajstić information content (AvgIpc) is 3.35. The van der Waals surface area contributed by atoms with Crippen LogP contribution in [0.1, 0.15) is 32.2 Å². The Balaban J connectivity index is 1.80. The summed E-state index contributed by atoms with van der Waals surface area (Å²) in [5.74, 6) is -0.166. The van der Waals surface area contributed by atoms with Crippen molar-refractivity contribution in [3.8, 4) is 0 Å². The second kappa shape index (κ2) is 8.47. The van der Waals surface area contributed by atoms with E-state index in [1.807, 2.05) is 22.9 Å². The molecule has 0 aliphatic carbocycles. The average molecular weight is 389 g/mol. The zero-order chi connectivity index (χ0) is 17.6. The predicted octanol–water partition coefficient (Wildman–Crippen LogP) is 4.83. The highest BCUT2D eigenvalue weighted by molar-refractivity contribution is 7.86. The zero-order valence-electron chi connectivity index (χ0n) is 13.3. The molecule has 0 radical (unpaired) electrons. The SMILES string of the molecule is O=C(CCC(C(=O)c1cccs1)S(=O)c1ccccc1)c1cccs1. The quantitative estimate of drug-likeness (QED) is 0.519. The summed E-state index contributed by atoms with van der Waals surface area (Å²) in [6.45, 7) is 0. The van der Waals surface area contributed by atoms with Gasteiger partial charge in [0.05, 0.1) is 20.6 Å². The molecule has 0 saturated carbocycles. The maximum atomic E-state index is 13.0. The van der Waals surface area contributed by atoms with Crippen LogP contribution in [0.5, 0.6) is 0 Å². The lowest BCUT2D eigenvalue weighted by molar-refractivity contribution is 0.0965. The minimum absolute atomic E-state index is 0.0101. The summed E-state index contributed by atoms with van der Waals surface area (Å²) in [6, 6.07) is 16.1. The van der Waals surface area contributed by atoms with Gasteiger partial charge in [-0.15, -0.1) is 22.7 Å². The van der Waals surface area contributed by atoms with Crippen LogP contribution in [-0.4, -0.2) is 21.0 Å². The number of carbonyl (C=O) groups is 2. The molecule has 2 heterocycles. The Bertz CT molecular complexity index is 853. The number of carbonyl (C=O) groups excluding carboxylic acids is 2. The third-order valence-electron chi connectivity index (χ3n) is 3.72. The number of Topliss-reactive ketones (excluding diaryl/α,β-unsaturated/α-hetero) is 2. The Labute approximate surface area is 156 Å². The van der Waals surface area contributed by atoms with Crippen molar-refractivity contribution < 1.29 is 13.8 Å². The van der Waals surface area contributed by atoms with Gasteiger partial charge in [0.2, 0.25) is 0 Å². The molecule has 2 unspecified atom stereocenters. The van der Waals surface area contributed by atoms with Crippen LogP contribution >= 0.6 is 22.7 Å². The number of hydrogen-bond acceptors (Lipinski definition) is 5. The highest BCUT2D eigenvalue weighted by Crippen LogP contribution is 2.23. The molecule has 0 bridgehead atoms. The Morgan fingerprint density at radius 3 is 2.12 bits per heavy atom. The third kappa shape index (κ3) is 4.39. The summed E-state index contributed by atoms with van der Waals surface area (Å²) in [5, 5.41) is 2.96. The Morgan fingerprint density at radius 2 is 1.52 bits per heavy atom. The molecule has 0 aliphatic heterocycles. The minimum atomic E-state index is -1.49. The van der Waals surface area contributed by atoms with Crippen LogP contribution in [0.25, 0.3) is 0 Å². The number of ketones is 2. The fourth-order valence-corrected chi connectivity index (χ4v) is 5.35. The first-order valence-electron chi connectivity index (χ1n) is 7.77. The molecule has 1 aromatic carbocycles. The van der Waals surface area contributed by atoms with Crippen LogP contribution < -0.4 is 0 Å². The normalized spacial score (nSPS) is 13.3. The lowest BCUT2D eigenvalue weighted by atomic mass is 10.1. The van der Waals surface area contributed by atoms with Crippen LogP contribution in [0, 0.1) is 0 Å². The molecule has 2 atom stereocenters. The zero-order valence-corrected chi connectivity index (χ0v) is 15.7. The van der Waals surface area contributed by atoms with Crippen molar-refractivity contribution in [3.63, 3.8) is 0 Å². The van der Waals surface area contributed by atoms with Gasteiger partial charge in [0.1, 0.15) is 5.25 Å². The molecule has 0 amide bonds. The monoisotopic (exact) mass is 388 g/mol. The molecular formula is C19H16O3S3. The van der Waals surface area contributed by atoms with E-state index < -0.39 is 16.0 Å². The Kier molecular flexibility index (Phi) is 6.07. The molecule has 2 aromatic heterocycles. The largest absolute Gasteiger partial charge is 0.293 e. The highest BCUT2D eigenvalue weighted by Gasteiger charge is 2.28. The molecule has 0 spiro atoms. The van der Waals surface area contributed by atoms with E-state index in [-0.39, 0.29) is 24.4 Å². The maximum Gasteiger partial charge on any atom is 0.188 e. The van der Waals surface area contributed by atoms with Gasteiger partial charge < -0.3 is 0 Å². The van der Waals surface area contributed by atoms with E-state index in [4.69, 9.17) is 0 Å². The van der Waals surface area contributed by atoms with Gasteiger partial charge in [-0.1, -0.05) is 30.3 Å². The first-order chi connectivity index (χ1) is 12.2. The maximum absolute atomic E-state index is 13.0. The van der Waals surface area contributed by atoms with Gasteiger partial charge in [-0.05, 0) is 41.4 Å². The summed E-state index contributed by atoms with van der Waals surface area (Å²) in [6.07, 6.45) is 0.482. The van der Waals surface area contributed by atoms with Crippen molar-refractivity contribution in [2.75, 3.05) is 0 Å². The molecule has 6 heteroatoms. The van der Waals surface area contributed by atoms with Crippen LogP contribution in [0.4, 0.5) is 0 Å². The van der Waals surface area contributed by atoms with Crippen molar-refractivity contribution in [1.82, 2.24) is 0 Å². The van der Waals surface area contributed by atoms with Gasteiger partial charge >= 0.3 is 0 Å². The van der Waals surface area contributed by atoms with Gasteiger partial charge in [-0.2, -0.15) is 0 Å².